The van der Waals surface area contributed by atoms with Crippen molar-refractivity contribution in [3.63, 3.8) is 0 Å². The maximum Gasteiger partial charge on any atom is 0.137 e. The molecule has 1 aliphatic rings. The molecule has 1 aliphatic carbocycles. The molecule has 0 spiro atoms. The highest BCUT2D eigenvalue weighted by atomic mass is 79.9. The quantitative estimate of drug-likeness (QED) is 0.896. The molecule has 1 N–H and O–H groups in total. The lowest BCUT2D eigenvalue weighted by molar-refractivity contribution is 0.179. The molecule has 1 aromatic rings. The highest BCUT2D eigenvalue weighted by Crippen LogP contribution is 2.34. The maximum atomic E-state index is 13.1. The molecular formula is C12H15BrFNO. The molecule has 0 bridgehead atoms. The molecule has 2 rings (SSSR count). The standard InChI is InChI=1S/C12H15BrFNO/c1-16-7-12(8-2-3-8)15-9-4-5-11(14)10(13)6-9/h4-6,8,12,15H,2-3,7H2,1H3. The fourth-order valence-electron chi connectivity index (χ4n) is 1.77. The van der Waals surface area contributed by atoms with Crippen LogP contribution in [-0.4, -0.2) is 19.8 Å². The van der Waals surface area contributed by atoms with Crippen LogP contribution in [0.5, 0.6) is 0 Å². The summed E-state index contributed by atoms with van der Waals surface area (Å²) in [6, 6.07) is 5.32. The molecule has 1 unspecified atom stereocenters. The topological polar surface area (TPSA) is 21.3 Å². The number of hydrogen-bond donors (Lipinski definition) is 1. The Bertz CT molecular complexity index is 368. The van der Waals surface area contributed by atoms with Gasteiger partial charge in [-0.25, -0.2) is 4.39 Å². The second-order valence-electron chi connectivity index (χ2n) is 4.17. The van der Waals surface area contributed by atoms with Crippen LogP contribution in [0.25, 0.3) is 0 Å². The second kappa shape index (κ2) is 5.15. The Hall–Kier alpha value is -0.610. The highest BCUT2D eigenvalue weighted by molar-refractivity contribution is 9.10. The third kappa shape index (κ3) is 2.95. The molecule has 1 saturated carbocycles. The number of benzene rings is 1. The van der Waals surface area contributed by atoms with E-state index in [1.54, 1.807) is 19.2 Å². The first-order valence-electron chi connectivity index (χ1n) is 5.41. The van der Waals surface area contributed by atoms with Crippen molar-refractivity contribution in [2.75, 3.05) is 19.0 Å². The van der Waals surface area contributed by atoms with Gasteiger partial charge in [-0.1, -0.05) is 0 Å². The summed E-state index contributed by atoms with van der Waals surface area (Å²) in [6.45, 7) is 0.694. The van der Waals surface area contributed by atoms with Crippen LogP contribution in [0.3, 0.4) is 0 Å². The Balaban J connectivity index is 2.03. The molecule has 16 heavy (non-hydrogen) atoms. The van der Waals surface area contributed by atoms with Crippen LogP contribution in [-0.2, 0) is 4.74 Å². The molecule has 2 nitrogen and oxygen atoms in total. The van der Waals surface area contributed by atoms with E-state index < -0.39 is 0 Å². The van der Waals surface area contributed by atoms with Gasteiger partial charge in [-0.3, -0.25) is 0 Å². The summed E-state index contributed by atoms with van der Waals surface area (Å²) < 4.78 is 18.7. The van der Waals surface area contributed by atoms with E-state index in [2.05, 4.69) is 21.2 Å². The van der Waals surface area contributed by atoms with Crippen molar-refractivity contribution < 1.29 is 9.13 Å². The van der Waals surface area contributed by atoms with Crippen molar-refractivity contribution in [2.24, 2.45) is 5.92 Å². The first-order valence-corrected chi connectivity index (χ1v) is 6.20. The summed E-state index contributed by atoms with van der Waals surface area (Å²) in [7, 11) is 1.71. The summed E-state index contributed by atoms with van der Waals surface area (Å²) in [5, 5.41) is 3.39. The zero-order valence-electron chi connectivity index (χ0n) is 9.17. The van der Waals surface area contributed by atoms with E-state index in [1.807, 2.05) is 0 Å². The third-order valence-corrected chi connectivity index (χ3v) is 3.42. The summed E-state index contributed by atoms with van der Waals surface area (Å²) in [6.07, 6.45) is 2.51. The molecule has 0 aromatic heterocycles. The molecule has 0 amide bonds. The predicted octanol–water partition coefficient (Wildman–Crippen LogP) is 3.43. The summed E-state index contributed by atoms with van der Waals surface area (Å²) in [5.41, 5.74) is 0.933. The van der Waals surface area contributed by atoms with Crippen LogP contribution in [0.1, 0.15) is 12.8 Å². The number of anilines is 1. The fraction of sp³-hybridized carbons (Fsp3) is 0.500. The van der Waals surface area contributed by atoms with E-state index in [1.165, 1.54) is 18.9 Å². The molecular weight excluding hydrogens is 273 g/mol. The maximum absolute atomic E-state index is 13.1. The molecule has 0 heterocycles. The van der Waals surface area contributed by atoms with Gasteiger partial charge in [-0.15, -0.1) is 0 Å². The lowest BCUT2D eigenvalue weighted by Gasteiger charge is -2.18. The summed E-state index contributed by atoms with van der Waals surface area (Å²) >= 11 is 3.18. The van der Waals surface area contributed by atoms with Gasteiger partial charge >= 0.3 is 0 Å². The minimum absolute atomic E-state index is 0.236. The first kappa shape index (κ1) is 11.9. The molecule has 4 heteroatoms. The van der Waals surface area contributed by atoms with E-state index in [-0.39, 0.29) is 5.82 Å². The lowest BCUT2D eigenvalue weighted by atomic mass is 10.2. The van der Waals surface area contributed by atoms with Crippen molar-refractivity contribution >= 4 is 21.6 Å². The van der Waals surface area contributed by atoms with E-state index in [4.69, 9.17) is 4.74 Å². The van der Waals surface area contributed by atoms with Crippen LogP contribution in [0.4, 0.5) is 10.1 Å². The SMILES string of the molecule is COCC(Nc1ccc(F)c(Br)c1)C1CC1. The zero-order chi connectivity index (χ0) is 11.5. The number of methoxy groups -OCH3 is 1. The lowest BCUT2D eigenvalue weighted by Crippen LogP contribution is -2.27. The number of halogens is 2. The Morgan fingerprint density at radius 3 is 2.88 bits per heavy atom. The number of rotatable bonds is 5. The summed E-state index contributed by atoms with van der Waals surface area (Å²) in [5.74, 6) is 0.462. The predicted molar refractivity (Wildman–Crippen MR) is 66.1 cm³/mol. The molecule has 0 aliphatic heterocycles. The Morgan fingerprint density at radius 1 is 1.56 bits per heavy atom. The van der Waals surface area contributed by atoms with Gasteiger partial charge in [-0.05, 0) is 52.9 Å². The van der Waals surface area contributed by atoms with Crippen LogP contribution < -0.4 is 5.32 Å². The van der Waals surface area contributed by atoms with Crippen molar-refractivity contribution in [1.82, 2.24) is 0 Å². The molecule has 0 radical (unpaired) electrons. The van der Waals surface area contributed by atoms with E-state index in [0.717, 1.165) is 5.69 Å². The minimum atomic E-state index is -0.236. The van der Waals surface area contributed by atoms with Gasteiger partial charge in [0.15, 0.2) is 0 Å². The van der Waals surface area contributed by atoms with Crippen LogP contribution >= 0.6 is 15.9 Å². The van der Waals surface area contributed by atoms with Gasteiger partial charge in [0.1, 0.15) is 5.82 Å². The smallest absolute Gasteiger partial charge is 0.137 e. The third-order valence-electron chi connectivity index (χ3n) is 2.81. The number of ether oxygens (including phenoxy) is 1. The first-order chi connectivity index (χ1) is 7.70. The average molecular weight is 288 g/mol. The number of hydrogen-bond acceptors (Lipinski definition) is 2. The summed E-state index contributed by atoms with van der Waals surface area (Å²) in [4.78, 5) is 0. The van der Waals surface area contributed by atoms with Crippen molar-refractivity contribution in [3.05, 3.63) is 28.5 Å². The fourth-order valence-corrected chi connectivity index (χ4v) is 2.15. The van der Waals surface area contributed by atoms with E-state index >= 15 is 0 Å². The normalized spacial score (nSPS) is 17.2. The van der Waals surface area contributed by atoms with Crippen LogP contribution in [0.2, 0.25) is 0 Å². The average Bonchev–Trinajstić information content (AvgIpc) is 3.06. The number of nitrogens with one attached hydrogen (secondary N) is 1. The molecule has 1 aromatic carbocycles. The highest BCUT2D eigenvalue weighted by Gasteiger charge is 2.31. The van der Waals surface area contributed by atoms with Crippen LogP contribution in [0.15, 0.2) is 22.7 Å². The van der Waals surface area contributed by atoms with Crippen LogP contribution in [0, 0.1) is 11.7 Å². The Kier molecular flexibility index (Phi) is 3.82. The van der Waals surface area contributed by atoms with E-state index in [0.29, 0.717) is 23.0 Å². The van der Waals surface area contributed by atoms with Gasteiger partial charge in [-0.2, -0.15) is 0 Å². The van der Waals surface area contributed by atoms with Gasteiger partial charge in [0, 0.05) is 12.8 Å². The minimum Gasteiger partial charge on any atom is -0.383 e. The van der Waals surface area contributed by atoms with Gasteiger partial charge < -0.3 is 10.1 Å². The van der Waals surface area contributed by atoms with Crippen molar-refractivity contribution in [3.8, 4) is 0 Å². The molecule has 1 fully saturated rings. The Labute approximate surface area is 103 Å². The van der Waals surface area contributed by atoms with E-state index in [9.17, 15) is 4.39 Å². The largest absolute Gasteiger partial charge is 0.383 e. The van der Waals surface area contributed by atoms with Gasteiger partial charge in [0.2, 0.25) is 0 Å². The molecule has 0 saturated heterocycles. The van der Waals surface area contributed by atoms with Crippen molar-refractivity contribution in [2.45, 2.75) is 18.9 Å². The van der Waals surface area contributed by atoms with Gasteiger partial charge in [0.05, 0.1) is 17.1 Å². The Morgan fingerprint density at radius 2 is 2.31 bits per heavy atom. The van der Waals surface area contributed by atoms with Gasteiger partial charge in [0.25, 0.3) is 0 Å². The molecule has 88 valence electrons. The molecule has 1 atom stereocenters. The van der Waals surface area contributed by atoms with Crippen molar-refractivity contribution in [1.29, 1.82) is 0 Å². The second-order valence-corrected chi connectivity index (χ2v) is 5.03. The zero-order valence-corrected chi connectivity index (χ0v) is 10.8. The monoisotopic (exact) mass is 287 g/mol.